The molecule has 0 bridgehead atoms. The molecule has 1 fully saturated rings. The minimum atomic E-state index is 0.159. The second kappa shape index (κ2) is 5.54. The molecule has 0 radical (unpaired) electrons. The van der Waals surface area contributed by atoms with Crippen molar-refractivity contribution in [3.8, 4) is 0 Å². The van der Waals surface area contributed by atoms with E-state index in [2.05, 4.69) is 18.3 Å². The van der Waals surface area contributed by atoms with Gasteiger partial charge in [0.25, 0.3) is 0 Å². The number of nitrogens with one attached hydrogen (secondary N) is 1. The number of halogens is 1. The first-order chi connectivity index (χ1) is 8.20. The molecule has 2 rings (SSSR count). The number of alkyl halides is 1. The molecule has 1 amide bonds. The molecule has 0 aliphatic heterocycles. The molecule has 2 nitrogen and oxygen atoms in total. The van der Waals surface area contributed by atoms with E-state index in [9.17, 15) is 4.79 Å². The molecule has 2 unspecified atom stereocenters. The summed E-state index contributed by atoms with van der Waals surface area (Å²) in [6, 6.07) is 8.03. The van der Waals surface area contributed by atoms with Crippen molar-refractivity contribution in [3.63, 3.8) is 0 Å². The molecular formula is C14H18ClNO. The van der Waals surface area contributed by atoms with Crippen LogP contribution in [-0.4, -0.2) is 11.8 Å². The lowest BCUT2D eigenvalue weighted by Gasteiger charge is -2.06. The third kappa shape index (κ3) is 3.47. The van der Waals surface area contributed by atoms with E-state index in [1.165, 1.54) is 5.56 Å². The first-order valence-electron chi connectivity index (χ1n) is 6.16. The second-order valence-corrected chi connectivity index (χ2v) is 5.18. The van der Waals surface area contributed by atoms with E-state index >= 15 is 0 Å². The van der Waals surface area contributed by atoms with Crippen LogP contribution in [0, 0.1) is 11.8 Å². The van der Waals surface area contributed by atoms with Crippen molar-refractivity contribution in [1.82, 2.24) is 0 Å². The summed E-state index contributed by atoms with van der Waals surface area (Å²) in [5.74, 6) is 1.61. The van der Waals surface area contributed by atoms with Crippen LogP contribution < -0.4 is 5.32 Å². The van der Waals surface area contributed by atoms with Gasteiger partial charge in [-0.25, -0.2) is 0 Å². The van der Waals surface area contributed by atoms with Gasteiger partial charge in [-0.3, -0.25) is 4.79 Å². The standard InChI is InChI=1S/C14H18ClNO/c1-10-8-13(10)14(17)16-12-6-2-4-11(9-12)5-3-7-15/h2,4,6,9-10,13H,3,5,7-8H2,1H3,(H,16,17). The van der Waals surface area contributed by atoms with Crippen molar-refractivity contribution in [3.05, 3.63) is 29.8 Å². The Balaban J connectivity index is 1.93. The van der Waals surface area contributed by atoms with Crippen molar-refractivity contribution >= 4 is 23.2 Å². The van der Waals surface area contributed by atoms with E-state index in [-0.39, 0.29) is 11.8 Å². The summed E-state index contributed by atoms with van der Waals surface area (Å²) >= 11 is 5.67. The topological polar surface area (TPSA) is 29.1 Å². The Bertz CT molecular complexity index is 405. The van der Waals surface area contributed by atoms with E-state index in [1.807, 2.05) is 18.2 Å². The highest BCUT2D eigenvalue weighted by atomic mass is 35.5. The van der Waals surface area contributed by atoms with Crippen LogP contribution >= 0.6 is 11.6 Å². The highest BCUT2D eigenvalue weighted by Gasteiger charge is 2.38. The van der Waals surface area contributed by atoms with E-state index in [4.69, 9.17) is 11.6 Å². The van der Waals surface area contributed by atoms with Crippen molar-refractivity contribution in [2.75, 3.05) is 11.2 Å². The van der Waals surface area contributed by atoms with Crippen LogP contribution in [0.1, 0.15) is 25.3 Å². The van der Waals surface area contributed by atoms with E-state index in [0.29, 0.717) is 11.8 Å². The molecule has 17 heavy (non-hydrogen) atoms. The zero-order chi connectivity index (χ0) is 12.3. The lowest BCUT2D eigenvalue weighted by Crippen LogP contribution is -2.14. The summed E-state index contributed by atoms with van der Waals surface area (Å²) in [6.07, 6.45) is 2.96. The molecule has 3 heteroatoms. The van der Waals surface area contributed by atoms with Crippen LogP contribution in [0.5, 0.6) is 0 Å². The predicted molar refractivity (Wildman–Crippen MR) is 71.4 cm³/mol. The minimum absolute atomic E-state index is 0.159. The van der Waals surface area contributed by atoms with Gasteiger partial charge >= 0.3 is 0 Å². The Morgan fingerprint density at radius 1 is 1.53 bits per heavy atom. The molecule has 1 aliphatic rings. The van der Waals surface area contributed by atoms with Gasteiger partial charge in [0.05, 0.1) is 0 Å². The van der Waals surface area contributed by atoms with Crippen LogP contribution in [0.2, 0.25) is 0 Å². The fourth-order valence-corrected chi connectivity index (χ4v) is 2.13. The molecule has 0 spiro atoms. The smallest absolute Gasteiger partial charge is 0.227 e. The van der Waals surface area contributed by atoms with Crippen molar-refractivity contribution in [2.24, 2.45) is 11.8 Å². The zero-order valence-electron chi connectivity index (χ0n) is 10.1. The van der Waals surface area contributed by atoms with Gasteiger partial charge in [-0.1, -0.05) is 19.1 Å². The van der Waals surface area contributed by atoms with E-state index in [0.717, 1.165) is 24.9 Å². The number of anilines is 1. The van der Waals surface area contributed by atoms with Crippen LogP contribution in [0.15, 0.2) is 24.3 Å². The second-order valence-electron chi connectivity index (χ2n) is 4.80. The average molecular weight is 252 g/mol. The Hall–Kier alpha value is -1.02. The van der Waals surface area contributed by atoms with Crippen LogP contribution in [-0.2, 0) is 11.2 Å². The fourth-order valence-electron chi connectivity index (χ4n) is 2.00. The molecule has 1 aliphatic carbocycles. The summed E-state index contributed by atoms with van der Waals surface area (Å²) in [7, 11) is 0. The monoisotopic (exact) mass is 251 g/mol. The predicted octanol–water partition coefficient (Wildman–Crippen LogP) is 3.45. The molecule has 0 saturated heterocycles. The van der Waals surface area contributed by atoms with Gasteiger partial charge in [-0.2, -0.15) is 0 Å². The molecule has 0 aromatic heterocycles. The van der Waals surface area contributed by atoms with Crippen LogP contribution in [0.4, 0.5) is 5.69 Å². The quantitative estimate of drug-likeness (QED) is 0.798. The maximum atomic E-state index is 11.8. The molecular weight excluding hydrogens is 234 g/mol. The molecule has 0 heterocycles. The molecule has 2 atom stereocenters. The zero-order valence-corrected chi connectivity index (χ0v) is 10.8. The van der Waals surface area contributed by atoms with Crippen molar-refractivity contribution in [2.45, 2.75) is 26.2 Å². The van der Waals surface area contributed by atoms with Crippen molar-refractivity contribution < 1.29 is 4.79 Å². The van der Waals surface area contributed by atoms with Gasteiger partial charge < -0.3 is 5.32 Å². The summed E-state index contributed by atoms with van der Waals surface area (Å²) in [6.45, 7) is 2.11. The summed E-state index contributed by atoms with van der Waals surface area (Å²) < 4.78 is 0. The SMILES string of the molecule is CC1CC1C(=O)Nc1cccc(CCCCl)c1. The minimum Gasteiger partial charge on any atom is -0.326 e. The number of rotatable bonds is 5. The normalized spacial score (nSPS) is 22.2. The Morgan fingerprint density at radius 3 is 2.94 bits per heavy atom. The molecule has 92 valence electrons. The summed E-state index contributed by atoms with van der Waals surface area (Å²) in [4.78, 5) is 11.8. The largest absolute Gasteiger partial charge is 0.326 e. The maximum absolute atomic E-state index is 11.8. The highest BCUT2D eigenvalue weighted by Crippen LogP contribution is 2.38. The van der Waals surface area contributed by atoms with Crippen LogP contribution in [0.25, 0.3) is 0 Å². The van der Waals surface area contributed by atoms with Gasteiger partial charge in [-0.05, 0) is 42.9 Å². The van der Waals surface area contributed by atoms with E-state index in [1.54, 1.807) is 0 Å². The number of hydrogen-bond acceptors (Lipinski definition) is 1. The maximum Gasteiger partial charge on any atom is 0.227 e. The van der Waals surface area contributed by atoms with Crippen LogP contribution in [0.3, 0.4) is 0 Å². The number of carbonyl (C=O) groups excluding carboxylic acids is 1. The Morgan fingerprint density at radius 2 is 2.29 bits per heavy atom. The van der Waals surface area contributed by atoms with Gasteiger partial charge in [0.2, 0.25) is 5.91 Å². The third-order valence-corrected chi connectivity index (χ3v) is 3.51. The Kier molecular flexibility index (Phi) is 4.06. The summed E-state index contributed by atoms with van der Waals surface area (Å²) in [5, 5.41) is 2.98. The molecule has 1 saturated carbocycles. The molecule has 1 aromatic carbocycles. The number of benzene rings is 1. The molecule has 1 aromatic rings. The van der Waals surface area contributed by atoms with Gasteiger partial charge in [0.15, 0.2) is 0 Å². The van der Waals surface area contributed by atoms with Gasteiger partial charge in [0.1, 0.15) is 0 Å². The first kappa shape index (κ1) is 12.4. The molecule has 1 N–H and O–H groups in total. The number of aryl methyl sites for hydroxylation is 1. The first-order valence-corrected chi connectivity index (χ1v) is 6.70. The lowest BCUT2D eigenvalue weighted by atomic mass is 10.1. The Labute approximate surface area is 107 Å². The lowest BCUT2D eigenvalue weighted by molar-refractivity contribution is -0.117. The van der Waals surface area contributed by atoms with E-state index < -0.39 is 0 Å². The summed E-state index contributed by atoms with van der Waals surface area (Å²) in [5.41, 5.74) is 2.13. The van der Waals surface area contributed by atoms with Gasteiger partial charge in [0, 0.05) is 17.5 Å². The average Bonchev–Trinajstić information content (AvgIpc) is 3.04. The third-order valence-electron chi connectivity index (χ3n) is 3.24. The number of carbonyl (C=O) groups is 1. The number of hydrogen-bond donors (Lipinski definition) is 1. The highest BCUT2D eigenvalue weighted by molar-refractivity contribution is 6.17. The fraction of sp³-hybridized carbons (Fsp3) is 0.500. The van der Waals surface area contributed by atoms with Gasteiger partial charge in [-0.15, -0.1) is 11.6 Å². The van der Waals surface area contributed by atoms with Crippen molar-refractivity contribution in [1.29, 1.82) is 0 Å². The number of amides is 1.